The summed E-state index contributed by atoms with van der Waals surface area (Å²) in [6, 6.07) is 2.01. The van der Waals surface area contributed by atoms with E-state index in [1.807, 2.05) is 6.92 Å². The SMILES string of the molecule is Cc1nn(C)cc1CNC(=O)c1cc2n(n1)[C@@H](C(F)(F)F)C[C@H](c1ccco1)N2. The number of carbonyl (C=O) groups excluding carboxylic acids is 1. The summed E-state index contributed by atoms with van der Waals surface area (Å²) < 4.78 is 48.6. The molecule has 29 heavy (non-hydrogen) atoms. The number of fused-ring (bicyclic) bond motifs is 1. The second kappa shape index (κ2) is 6.98. The van der Waals surface area contributed by atoms with Crippen LogP contribution in [-0.2, 0) is 13.6 Å². The monoisotopic (exact) mass is 408 g/mol. The van der Waals surface area contributed by atoms with E-state index in [1.165, 1.54) is 12.3 Å². The Kier molecular flexibility index (Phi) is 4.59. The van der Waals surface area contributed by atoms with Gasteiger partial charge in [0.1, 0.15) is 11.6 Å². The number of anilines is 1. The molecular formula is C18H19F3N6O2. The lowest BCUT2D eigenvalue weighted by atomic mass is 10.0. The van der Waals surface area contributed by atoms with Crippen LogP contribution >= 0.6 is 0 Å². The van der Waals surface area contributed by atoms with Crippen LogP contribution in [0, 0.1) is 6.92 Å². The molecule has 1 aliphatic heterocycles. The highest BCUT2D eigenvalue weighted by atomic mass is 19.4. The van der Waals surface area contributed by atoms with Gasteiger partial charge in [-0.1, -0.05) is 0 Å². The van der Waals surface area contributed by atoms with Crippen molar-refractivity contribution in [3.05, 3.63) is 53.4 Å². The number of halogens is 3. The number of hydrogen-bond acceptors (Lipinski definition) is 5. The molecule has 0 aromatic carbocycles. The summed E-state index contributed by atoms with van der Waals surface area (Å²) >= 11 is 0. The predicted octanol–water partition coefficient (Wildman–Crippen LogP) is 3.11. The molecule has 3 aromatic heterocycles. The van der Waals surface area contributed by atoms with Crippen LogP contribution in [0.2, 0.25) is 0 Å². The first-order chi connectivity index (χ1) is 13.7. The van der Waals surface area contributed by atoms with Gasteiger partial charge in [-0.15, -0.1) is 0 Å². The summed E-state index contributed by atoms with van der Waals surface area (Å²) in [5.74, 6) is -0.0557. The van der Waals surface area contributed by atoms with Gasteiger partial charge >= 0.3 is 6.18 Å². The standard InChI is InChI=1S/C18H19F3N6O2/c1-10-11(9-26(2)24-10)8-22-17(28)13-7-16-23-12(14-4-3-5-29-14)6-15(18(19,20)21)27(16)25-13/h3-5,7,9,12,15,23H,6,8H2,1-2H3,(H,22,28)/t12-,15-/m1/s1. The molecule has 154 valence electrons. The third kappa shape index (κ3) is 3.71. The highest BCUT2D eigenvalue weighted by molar-refractivity contribution is 5.93. The van der Waals surface area contributed by atoms with Crippen LogP contribution in [0.1, 0.15) is 46.0 Å². The van der Waals surface area contributed by atoms with E-state index in [0.29, 0.717) is 5.76 Å². The van der Waals surface area contributed by atoms with Crippen molar-refractivity contribution in [2.45, 2.75) is 38.1 Å². The summed E-state index contributed by atoms with van der Waals surface area (Å²) in [5.41, 5.74) is 1.48. The average Bonchev–Trinajstić information content (AvgIpc) is 3.37. The summed E-state index contributed by atoms with van der Waals surface area (Å²) in [7, 11) is 1.76. The smallest absolute Gasteiger partial charge is 0.410 e. The molecule has 1 aliphatic rings. The summed E-state index contributed by atoms with van der Waals surface area (Å²) in [6.45, 7) is 2.01. The maximum atomic E-state index is 13.6. The molecule has 8 nitrogen and oxygen atoms in total. The molecule has 3 aromatic rings. The fourth-order valence-corrected chi connectivity index (χ4v) is 3.45. The van der Waals surface area contributed by atoms with Crippen LogP contribution in [0.3, 0.4) is 0 Å². The first-order valence-electron chi connectivity index (χ1n) is 8.96. The molecule has 0 bridgehead atoms. The Morgan fingerprint density at radius 2 is 2.21 bits per heavy atom. The van der Waals surface area contributed by atoms with E-state index in [4.69, 9.17) is 4.42 Å². The number of rotatable bonds is 4. The van der Waals surface area contributed by atoms with Gasteiger partial charge in [-0.25, -0.2) is 4.68 Å². The van der Waals surface area contributed by atoms with E-state index < -0.39 is 24.2 Å². The van der Waals surface area contributed by atoms with Crippen molar-refractivity contribution in [1.29, 1.82) is 0 Å². The van der Waals surface area contributed by atoms with E-state index in [-0.39, 0.29) is 24.5 Å². The maximum absolute atomic E-state index is 13.6. The lowest BCUT2D eigenvalue weighted by molar-refractivity contribution is -0.174. The predicted molar refractivity (Wildman–Crippen MR) is 96.1 cm³/mol. The van der Waals surface area contributed by atoms with Gasteiger partial charge in [0.25, 0.3) is 5.91 Å². The average molecular weight is 408 g/mol. The lowest BCUT2D eigenvalue weighted by Gasteiger charge is -2.32. The molecule has 11 heteroatoms. The number of alkyl halides is 3. The summed E-state index contributed by atoms with van der Waals surface area (Å²) in [4.78, 5) is 12.5. The number of aromatic nitrogens is 4. The number of aryl methyl sites for hydroxylation is 2. The second-order valence-corrected chi connectivity index (χ2v) is 6.96. The number of nitrogens with zero attached hydrogens (tertiary/aromatic N) is 4. The van der Waals surface area contributed by atoms with Crippen molar-refractivity contribution < 1.29 is 22.4 Å². The Morgan fingerprint density at radius 3 is 2.83 bits per heavy atom. The van der Waals surface area contributed by atoms with E-state index in [9.17, 15) is 18.0 Å². The van der Waals surface area contributed by atoms with Crippen LogP contribution in [0.4, 0.5) is 19.0 Å². The third-order valence-corrected chi connectivity index (χ3v) is 4.86. The van der Waals surface area contributed by atoms with Crippen molar-refractivity contribution >= 4 is 11.7 Å². The molecule has 4 heterocycles. The Balaban J connectivity index is 1.57. The van der Waals surface area contributed by atoms with Gasteiger partial charge in [0.2, 0.25) is 0 Å². The number of nitrogens with one attached hydrogen (secondary N) is 2. The first-order valence-corrected chi connectivity index (χ1v) is 8.96. The van der Waals surface area contributed by atoms with Gasteiger partial charge in [-0.2, -0.15) is 23.4 Å². The maximum Gasteiger partial charge on any atom is 0.410 e. The minimum atomic E-state index is -4.52. The van der Waals surface area contributed by atoms with Crippen LogP contribution in [0.5, 0.6) is 0 Å². The lowest BCUT2D eigenvalue weighted by Crippen LogP contribution is -2.35. The van der Waals surface area contributed by atoms with Crippen molar-refractivity contribution in [3.63, 3.8) is 0 Å². The fraction of sp³-hybridized carbons (Fsp3) is 0.389. The van der Waals surface area contributed by atoms with Gasteiger partial charge in [0, 0.05) is 37.8 Å². The van der Waals surface area contributed by atoms with Crippen molar-refractivity contribution in [2.75, 3.05) is 5.32 Å². The normalized spacial score (nSPS) is 18.9. The molecule has 4 rings (SSSR count). The zero-order chi connectivity index (χ0) is 20.8. The highest BCUT2D eigenvalue weighted by Gasteiger charge is 2.47. The topological polar surface area (TPSA) is 89.9 Å². The molecule has 0 spiro atoms. The van der Waals surface area contributed by atoms with E-state index in [0.717, 1.165) is 15.9 Å². The van der Waals surface area contributed by atoms with Gasteiger partial charge in [0.05, 0.1) is 18.0 Å². The van der Waals surface area contributed by atoms with Crippen LogP contribution < -0.4 is 10.6 Å². The van der Waals surface area contributed by atoms with Gasteiger partial charge < -0.3 is 15.1 Å². The Hall–Kier alpha value is -3.24. The molecule has 0 radical (unpaired) electrons. The Labute approximate surface area is 163 Å². The Bertz CT molecular complexity index is 1020. The molecular weight excluding hydrogens is 389 g/mol. The molecule has 0 fully saturated rings. The third-order valence-electron chi connectivity index (χ3n) is 4.86. The molecule has 0 saturated carbocycles. The minimum Gasteiger partial charge on any atom is -0.467 e. The number of amides is 1. The van der Waals surface area contributed by atoms with E-state index in [2.05, 4.69) is 20.8 Å². The molecule has 0 saturated heterocycles. The molecule has 2 atom stereocenters. The number of furan rings is 1. The highest BCUT2D eigenvalue weighted by Crippen LogP contribution is 2.43. The first kappa shape index (κ1) is 19.1. The summed E-state index contributed by atoms with van der Waals surface area (Å²) in [6.07, 6.45) is -1.64. The quantitative estimate of drug-likeness (QED) is 0.692. The largest absolute Gasteiger partial charge is 0.467 e. The van der Waals surface area contributed by atoms with E-state index in [1.54, 1.807) is 30.1 Å². The van der Waals surface area contributed by atoms with Crippen molar-refractivity contribution in [1.82, 2.24) is 24.9 Å². The molecule has 1 amide bonds. The molecule has 0 aliphatic carbocycles. The van der Waals surface area contributed by atoms with E-state index >= 15 is 0 Å². The van der Waals surface area contributed by atoms with Gasteiger partial charge in [0.15, 0.2) is 11.7 Å². The molecule has 0 unspecified atom stereocenters. The van der Waals surface area contributed by atoms with Crippen LogP contribution in [0.25, 0.3) is 0 Å². The second-order valence-electron chi connectivity index (χ2n) is 6.96. The van der Waals surface area contributed by atoms with Crippen LogP contribution in [-0.4, -0.2) is 31.6 Å². The van der Waals surface area contributed by atoms with Crippen molar-refractivity contribution in [3.8, 4) is 0 Å². The Morgan fingerprint density at radius 1 is 1.41 bits per heavy atom. The van der Waals surface area contributed by atoms with Crippen molar-refractivity contribution in [2.24, 2.45) is 7.05 Å². The number of carbonyl (C=O) groups is 1. The minimum absolute atomic E-state index is 0.0941. The number of hydrogen-bond donors (Lipinski definition) is 2. The molecule has 2 N–H and O–H groups in total. The van der Waals surface area contributed by atoms with Gasteiger partial charge in [-0.3, -0.25) is 9.48 Å². The summed E-state index contributed by atoms with van der Waals surface area (Å²) in [5, 5.41) is 13.8. The zero-order valence-corrected chi connectivity index (χ0v) is 15.7. The fourth-order valence-electron chi connectivity index (χ4n) is 3.45. The van der Waals surface area contributed by atoms with Gasteiger partial charge in [-0.05, 0) is 19.1 Å². The zero-order valence-electron chi connectivity index (χ0n) is 15.7. The van der Waals surface area contributed by atoms with Crippen LogP contribution in [0.15, 0.2) is 35.1 Å².